The van der Waals surface area contributed by atoms with Crippen molar-refractivity contribution >= 4 is 34.8 Å². The fraction of sp³-hybridized carbons (Fsp3) is 0.118. The SMILES string of the molecule is CCOC(=O)c1cccc(NC(=O)c2ccc(C(N)=S)cc2)c1. The number of benzene rings is 2. The summed E-state index contributed by atoms with van der Waals surface area (Å²) in [6, 6.07) is 13.2. The number of hydrogen-bond acceptors (Lipinski definition) is 4. The smallest absolute Gasteiger partial charge is 0.338 e. The summed E-state index contributed by atoms with van der Waals surface area (Å²) in [6.07, 6.45) is 0. The number of carbonyl (C=O) groups excluding carboxylic acids is 2. The van der Waals surface area contributed by atoms with E-state index >= 15 is 0 Å². The lowest BCUT2D eigenvalue weighted by atomic mass is 10.1. The van der Waals surface area contributed by atoms with Crippen LogP contribution >= 0.6 is 12.2 Å². The fourth-order valence-corrected chi connectivity index (χ4v) is 2.06. The molecule has 0 aromatic heterocycles. The van der Waals surface area contributed by atoms with Crippen molar-refractivity contribution in [3.8, 4) is 0 Å². The molecule has 5 nitrogen and oxygen atoms in total. The predicted molar refractivity (Wildman–Crippen MR) is 92.7 cm³/mol. The molecular weight excluding hydrogens is 312 g/mol. The fourth-order valence-electron chi connectivity index (χ4n) is 1.93. The molecule has 2 aromatic rings. The number of hydrogen-bond donors (Lipinski definition) is 2. The quantitative estimate of drug-likeness (QED) is 0.651. The summed E-state index contributed by atoms with van der Waals surface area (Å²) in [4.78, 5) is 24.2. The Morgan fingerprint density at radius 2 is 1.74 bits per heavy atom. The van der Waals surface area contributed by atoms with Gasteiger partial charge in [-0.25, -0.2) is 4.79 Å². The van der Waals surface area contributed by atoms with Gasteiger partial charge < -0.3 is 15.8 Å². The van der Waals surface area contributed by atoms with Gasteiger partial charge in [0.05, 0.1) is 12.2 Å². The molecular formula is C17H16N2O3S. The van der Waals surface area contributed by atoms with E-state index in [1.54, 1.807) is 55.5 Å². The van der Waals surface area contributed by atoms with Crippen molar-refractivity contribution in [3.05, 3.63) is 65.2 Å². The molecule has 0 aliphatic heterocycles. The highest BCUT2D eigenvalue weighted by atomic mass is 32.1. The van der Waals surface area contributed by atoms with E-state index in [1.165, 1.54) is 0 Å². The van der Waals surface area contributed by atoms with Crippen molar-refractivity contribution in [2.75, 3.05) is 11.9 Å². The number of rotatable bonds is 5. The zero-order valence-electron chi connectivity index (χ0n) is 12.5. The minimum atomic E-state index is -0.426. The minimum absolute atomic E-state index is 0.277. The molecule has 6 heteroatoms. The van der Waals surface area contributed by atoms with Gasteiger partial charge in [0.25, 0.3) is 5.91 Å². The van der Waals surface area contributed by atoms with Crippen molar-refractivity contribution in [1.29, 1.82) is 0 Å². The lowest BCUT2D eigenvalue weighted by Crippen LogP contribution is -2.14. The van der Waals surface area contributed by atoms with Crippen LogP contribution in [-0.4, -0.2) is 23.5 Å². The Kier molecular flexibility index (Phi) is 5.43. The van der Waals surface area contributed by atoms with Gasteiger partial charge in [-0.05, 0) is 37.3 Å². The summed E-state index contributed by atoms with van der Waals surface area (Å²) in [5.41, 5.74) is 7.58. The highest BCUT2D eigenvalue weighted by Gasteiger charge is 2.10. The first-order valence-electron chi connectivity index (χ1n) is 6.99. The van der Waals surface area contributed by atoms with Crippen molar-refractivity contribution in [2.24, 2.45) is 5.73 Å². The Balaban J connectivity index is 2.12. The van der Waals surface area contributed by atoms with Crippen LogP contribution in [0.25, 0.3) is 0 Å². The lowest BCUT2D eigenvalue weighted by Gasteiger charge is -2.08. The van der Waals surface area contributed by atoms with Gasteiger partial charge in [-0.1, -0.05) is 30.4 Å². The summed E-state index contributed by atoms with van der Waals surface area (Å²) in [5, 5.41) is 2.73. The number of carbonyl (C=O) groups is 2. The second-order valence-corrected chi connectivity index (χ2v) is 5.14. The zero-order chi connectivity index (χ0) is 16.8. The van der Waals surface area contributed by atoms with Crippen LogP contribution < -0.4 is 11.1 Å². The van der Waals surface area contributed by atoms with Crippen LogP contribution in [0.15, 0.2) is 48.5 Å². The summed E-state index contributed by atoms with van der Waals surface area (Å²) >= 11 is 4.87. The Hall–Kier alpha value is -2.73. The standard InChI is InChI=1S/C17H16N2O3S/c1-2-22-17(21)13-4-3-5-14(10-13)19-16(20)12-8-6-11(7-9-12)15(18)23/h3-10H,2H2,1H3,(H2,18,23)(H,19,20). The molecule has 0 saturated carbocycles. The minimum Gasteiger partial charge on any atom is -0.462 e. The van der Waals surface area contributed by atoms with Gasteiger partial charge in [-0.15, -0.1) is 0 Å². The maximum atomic E-state index is 12.2. The van der Waals surface area contributed by atoms with E-state index in [2.05, 4.69) is 5.32 Å². The zero-order valence-corrected chi connectivity index (χ0v) is 13.4. The molecule has 23 heavy (non-hydrogen) atoms. The van der Waals surface area contributed by atoms with Crippen LogP contribution in [0.5, 0.6) is 0 Å². The molecule has 118 valence electrons. The Morgan fingerprint density at radius 1 is 1.09 bits per heavy atom. The van der Waals surface area contributed by atoms with Gasteiger partial charge in [-0.3, -0.25) is 4.79 Å². The molecule has 0 spiro atoms. The van der Waals surface area contributed by atoms with Gasteiger partial charge in [0.2, 0.25) is 0 Å². The van der Waals surface area contributed by atoms with E-state index in [9.17, 15) is 9.59 Å². The van der Waals surface area contributed by atoms with Crippen LogP contribution in [-0.2, 0) is 4.74 Å². The van der Waals surface area contributed by atoms with Gasteiger partial charge >= 0.3 is 5.97 Å². The first-order chi connectivity index (χ1) is 11.0. The third-order valence-electron chi connectivity index (χ3n) is 3.06. The van der Waals surface area contributed by atoms with Crippen LogP contribution in [0.4, 0.5) is 5.69 Å². The lowest BCUT2D eigenvalue weighted by molar-refractivity contribution is 0.0526. The van der Waals surface area contributed by atoms with E-state index in [-0.39, 0.29) is 10.9 Å². The molecule has 1 amide bonds. The predicted octanol–water partition coefficient (Wildman–Crippen LogP) is 2.75. The second kappa shape index (κ2) is 7.51. The maximum absolute atomic E-state index is 12.2. The van der Waals surface area contributed by atoms with E-state index in [0.29, 0.717) is 29.0 Å². The number of anilines is 1. The number of amides is 1. The first-order valence-corrected chi connectivity index (χ1v) is 7.40. The molecule has 2 rings (SSSR count). The summed E-state index contributed by atoms with van der Waals surface area (Å²) in [5.74, 6) is -0.718. The van der Waals surface area contributed by atoms with E-state index in [0.717, 1.165) is 0 Å². The third-order valence-corrected chi connectivity index (χ3v) is 3.30. The van der Waals surface area contributed by atoms with Gasteiger partial charge in [0, 0.05) is 16.8 Å². The Labute approximate surface area is 139 Å². The monoisotopic (exact) mass is 328 g/mol. The molecule has 0 bridgehead atoms. The molecule has 0 aliphatic carbocycles. The van der Waals surface area contributed by atoms with Crippen molar-refractivity contribution in [2.45, 2.75) is 6.92 Å². The Morgan fingerprint density at radius 3 is 2.35 bits per heavy atom. The van der Waals surface area contributed by atoms with Crippen molar-refractivity contribution < 1.29 is 14.3 Å². The van der Waals surface area contributed by atoms with Crippen LogP contribution in [0.2, 0.25) is 0 Å². The maximum Gasteiger partial charge on any atom is 0.338 e. The largest absolute Gasteiger partial charge is 0.462 e. The average Bonchev–Trinajstić information content (AvgIpc) is 2.55. The highest BCUT2D eigenvalue weighted by Crippen LogP contribution is 2.14. The molecule has 0 aliphatic rings. The van der Waals surface area contributed by atoms with Gasteiger partial charge in [0.1, 0.15) is 4.99 Å². The summed E-state index contributed by atoms with van der Waals surface area (Å²) in [7, 11) is 0. The molecule has 3 N–H and O–H groups in total. The van der Waals surface area contributed by atoms with Crippen molar-refractivity contribution in [3.63, 3.8) is 0 Å². The number of nitrogens with two attached hydrogens (primary N) is 1. The molecule has 0 heterocycles. The summed E-state index contributed by atoms with van der Waals surface area (Å²) < 4.78 is 4.93. The number of nitrogens with one attached hydrogen (secondary N) is 1. The molecule has 0 saturated heterocycles. The van der Waals surface area contributed by atoms with E-state index < -0.39 is 5.97 Å². The second-order valence-electron chi connectivity index (χ2n) is 4.70. The van der Waals surface area contributed by atoms with Crippen molar-refractivity contribution in [1.82, 2.24) is 0 Å². The molecule has 0 radical (unpaired) electrons. The number of thiocarbonyl (C=S) groups is 1. The van der Waals surface area contributed by atoms with Crippen LogP contribution in [0.3, 0.4) is 0 Å². The van der Waals surface area contributed by atoms with E-state index in [4.69, 9.17) is 22.7 Å². The first kappa shape index (κ1) is 16.6. The number of esters is 1. The molecule has 0 atom stereocenters. The van der Waals surface area contributed by atoms with E-state index in [1.807, 2.05) is 0 Å². The molecule has 2 aromatic carbocycles. The number of ether oxygens (including phenoxy) is 1. The third kappa shape index (κ3) is 4.37. The molecule has 0 fully saturated rings. The normalized spacial score (nSPS) is 9.96. The summed E-state index contributed by atoms with van der Waals surface area (Å²) in [6.45, 7) is 2.03. The van der Waals surface area contributed by atoms with Crippen LogP contribution in [0.1, 0.15) is 33.2 Å². The highest BCUT2D eigenvalue weighted by molar-refractivity contribution is 7.80. The Bertz CT molecular complexity index is 742. The topological polar surface area (TPSA) is 81.4 Å². The molecule has 0 unspecified atom stereocenters. The van der Waals surface area contributed by atoms with Gasteiger partial charge in [-0.2, -0.15) is 0 Å². The van der Waals surface area contributed by atoms with Crippen LogP contribution in [0, 0.1) is 0 Å². The van der Waals surface area contributed by atoms with Gasteiger partial charge in [0.15, 0.2) is 0 Å². The average molecular weight is 328 g/mol.